The minimum atomic E-state index is -0.258. The highest BCUT2D eigenvalue weighted by atomic mass is 16.5. The summed E-state index contributed by atoms with van der Waals surface area (Å²) in [6.07, 6.45) is 5.77. The average Bonchev–Trinajstić information content (AvgIpc) is 3.55. The normalized spacial score (nSPS) is 16.6. The maximum absolute atomic E-state index is 11.6. The average molecular weight is 432 g/mol. The van der Waals surface area contributed by atoms with Gasteiger partial charge in [-0.3, -0.25) is 9.69 Å². The molecule has 164 valence electrons. The van der Waals surface area contributed by atoms with E-state index in [0.717, 1.165) is 37.0 Å². The smallest absolute Gasteiger partial charge is 0.251 e. The summed E-state index contributed by atoms with van der Waals surface area (Å²) >= 11 is 0. The van der Waals surface area contributed by atoms with Crippen LogP contribution in [0.4, 0.5) is 5.82 Å². The quantitative estimate of drug-likeness (QED) is 0.460. The first-order valence-electron chi connectivity index (χ1n) is 10.6. The Balaban J connectivity index is 1.30. The van der Waals surface area contributed by atoms with Crippen LogP contribution in [-0.4, -0.2) is 51.2 Å². The number of anilines is 1. The number of amides is 1. The number of pyridine rings is 1. The number of benzene rings is 1. The maximum atomic E-state index is 11.6. The molecule has 0 bridgehead atoms. The lowest BCUT2D eigenvalue weighted by Gasteiger charge is -2.21. The SMILES string of the molecule is COCC(=O)Nc1ccc(-c2noc([C@@H]3CCCN3Cc3c[nH]c4ccccc34)n2)cn1. The number of hydrogen-bond acceptors (Lipinski definition) is 7. The number of carbonyl (C=O) groups excluding carboxylic acids is 1. The first-order chi connectivity index (χ1) is 15.7. The fourth-order valence-electron chi connectivity index (χ4n) is 4.17. The fraction of sp³-hybridized carbons (Fsp3) is 0.304. The molecule has 9 nitrogen and oxygen atoms in total. The highest BCUT2D eigenvalue weighted by molar-refractivity contribution is 5.90. The summed E-state index contributed by atoms with van der Waals surface area (Å²) in [5, 5.41) is 8.07. The summed E-state index contributed by atoms with van der Waals surface area (Å²) < 4.78 is 10.4. The van der Waals surface area contributed by atoms with Gasteiger partial charge in [0.25, 0.3) is 5.91 Å². The zero-order chi connectivity index (χ0) is 21.9. The number of hydrogen-bond donors (Lipinski definition) is 2. The van der Waals surface area contributed by atoms with Gasteiger partial charge in [0.2, 0.25) is 11.7 Å². The van der Waals surface area contributed by atoms with E-state index in [9.17, 15) is 4.79 Å². The predicted octanol–water partition coefficient (Wildman–Crippen LogP) is 3.53. The standard InChI is InChI=1S/C23H24N6O3/c1-31-14-21(30)26-20-9-8-15(11-25-20)22-27-23(32-28-22)19-7-4-10-29(19)13-16-12-24-18-6-3-2-5-17(16)18/h2-3,5-6,8-9,11-12,19,24H,4,7,10,13-14H2,1H3,(H,25,26,30)/t19-/m0/s1. The Kier molecular flexibility index (Phi) is 5.66. The maximum Gasteiger partial charge on any atom is 0.251 e. The van der Waals surface area contributed by atoms with E-state index < -0.39 is 0 Å². The lowest BCUT2D eigenvalue weighted by molar-refractivity contribution is -0.119. The number of fused-ring (bicyclic) bond motifs is 1. The molecule has 0 spiro atoms. The van der Waals surface area contributed by atoms with Gasteiger partial charge in [0.1, 0.15) is 12.4 Å². The molecule has 5 rings (SSSR count). The molecule has 0 aliphatic carbocycles. The molecule has 0 radical (unpaired) electrons. The van der Waals surface area contributed by atoms with E-state index in [4.69, 9.17) is 9.26 Å². The first-order valence-corrected chi connectivity index (χ1v) is 10.6. The van der Waals surface area contributed by atoms with Crippen LogP contribution in [0.15, 0.2) is 53.3 Å². The minimum Gasteiger partial charge on any atom is -0.375 e. The van der Waals surface area contributed by atoms with E-state index >= 15 is 0 Å². The molecular formula is C23H24N6O3. The molecule has 0 saturated carbocycles. The van der Waals surface area contributed by atoms with Crippen molar-refractivity contribution in [1.82, 2.24) is 25.0 Å². The van der Waals surface area contributed by atoms with Gasteiger partial charge >= 0.3 is 0 Å². The highest BCUT2D eigenvalue weighted by Crippen LogP contribution is 2.34. The summed E-state index contributed by atoms with van der Waals surface area (Å²) in [5.74, 6) is 1.29. The van der Waals surface area contributed by atoms with Crippen LogP contribution >= 0.6 is 0 Å². The first kappa shape index (κ1) is 20.3. The summed E-state index contributed by atoms with van der Waals surface area (Å²) in [7, 11) is 1.47. The molecule has 1 aliphatic heterocycles. The van der Waals surface area contributed by atoms with Crippen LogP contribution in [0.2, 0.25) is 0 Å². The van der Waals surface area contributed by atoms with Crippen molar-refractivity contribution in [3.63, 3.8) is 0 Å². The Morgan fingerprint density at radius 1 is 1.31 bits per heavy atom. The van der Waals surface area contributed by atoms with Gasteiger partial charge in [-0.1, -0.05) is 23.4 Å². The van der Waals surface area contributed by atoms with Gasteiger partial charge in [0.05, 0.1) is 6.04 Å². The van der Waals surface area contributed by atoms with E-state index in [2.05, 4.69) is 54.7 Å². The Morgan fingerprint density at radius 2 is 2.22 bits per heavy atom. The van der Waals surface area contributed by atoms with Crippen molar-refractivity contribution in [2.24, 2.45) is 0 Å². The molecule has 1 fully saturated rings. The number of nitrogens with one attached hydrogen (secondary N) is 2. The zero-order valence-electron chi connectivity index (χ0n) is 17.7. The second-order valence-corrected chi connectivity index (χ2v) is 7.86. The molecule has 1 atom stereocenters. The summed E-state index contributed by atoms with van der Waals surface area (Å²) in [5.41, 5.74) is 3.14. The van der Waals surface area contributed by atoms with E-state index in [-0.39, 0.29) is 18.6 Å². The number of para-hydroxylation sites is 1. The van der Waals surface area contributed by atoms with Crippen LogP contribution in [0, 0.1) is 0 Å². The van der Waals surface area contributed by atoms with Crippen LogP contribution in [0.3, 0.4) is 0 Å². The number of rotatable bonds is 7. The van der Waals surface area contributed by atoms with Crippen molar-refractivity contribution in [2.45, 2.75) is 25.4 Å². The Hall–Kier alpha value is -3.56. The Bertz CT molecular complexity index is 1220. The van der Waals surface area contributed by atoms with Gasteiger partial charge in [-0.15, -0.1) is 0 Å². The highest BCUT2D eigenvalue weighted by Gasteiger charge is 2.31. The number of aromatic nitrogens is 4. The molecule has 0 unspecified atom stereocenters. The van der Waals surface area contributed by atoms with E-state index in [0.29, 0.717) is 17.5 Å². The van der Waals surface area contributed by atoms with Gasteiger partial charge in [-0.2, -0.15) is 4.98 Å². The topological polar surface area (TPSA) is 109 Å². The third kappa shape index (κ3) is 4.12. The van der Waals surface area contributed by atoms with Gasteiger partial charge in [0, 0.05) is 42.5 Å². The van der Waals surface area contributed by atoms with Gasteiger partial charge in [-0.25, -0.2) is 4.98 Å². The monoisotopic (exact) mass is 432 g/mol. The van der Waals surface area contributed by atoms with E-state index in [1.165, 1.54) is 18.1 Å². The van der Waals surface area contributed by atoms with Crippen LogP contribution < -0.4 is 5.32 Å². The number of H-pyrrole nitrogens is 1. The molecule has 3 aromatic heterocycles. The fourth-order valence-corrected chi connectivity index (χ4v) is 4.17. The summed E-state index contributed by atoms with van der Waals surface area (Å²) in [4.78, 5) is 26.3. The number of aromatic amines is 1. The lowest BCUT2D eigenvalue weighted by atomic mass is 10.1. The third-order valence-corrected chi connectivity index (χ3v) is 5.70. The van der Waals surface area contributed by atoms with Gasteiger partial charge in [-0.05, 0) is 43.1 Å². The molecule has 1 saturated heterocycles. The van der Waals surface area contributed by atoms with Crippen molar-refractivity contribution >= 4 is 22.6 Å². The summed E-state index contributed by atoms with van der Waals surface area (Å²) in [6.45, 7) is 1.79. The second-order valence-electron chi connectivity index (χ2n) is 7.86. The molecular weight excluding hydrogens is 408 g/mol. The lowest BCUT2D eigenvalue weighted by Crippen LogP contribution is -2.22. The van der Waals surface area contributed by atoms with Crippen molar-refractivity contribution in [1.29, 1.82) is 0 Å². The Labute approximate surface area is 184 Å². The largest absolute Gasteiger partial charge is 0.375 e. The molecule has 2 N–H and O–H groups in total. The van der Waals surface area contributed by atoms with Crippen LogP contribution in [0.5, 0.6) is 0 Å². The number of carbonyl (C=O) groups is 1. The summed E-state index contributed by atoms with van der Waals surface area (Å²) in [6, 6.07) is 11.9. The van der Waals surface area contributed by atoms with Gasteiger partial charge in [0.15, 0.2) is 0 Å². The van der Waals surface area contributed by atoms with E-state index in [1.807, 2.05) is 12.1 Å². The number of ether oxygens (including phenoxy) is 1. The molecule has 1 amide bonds. The molecule has 4 heterocycles. The number of likely N-dealkylation sites (tertiary alicyclic amines) is 1. The van der Waals surface area contributed by atoms with Gasteiger partial charge < -0.3 is 19.6 Å². The number of nitrogens with zero attached hydrogens (tertiary/aromatic N) is 4. The third-order valence-electron chi connectivity index (χ3n) is 5.70. The van der Waals surface area contributed by atoms with Crippen molar-refractivity contribution in [3.05, 3.63) is 60.2 Å². The van der Waals surface area contributed by atoms with Crippen LogP contribution in [-0.2, 0) is 16.1 Å². The van der Waals surface area contributed by atoms with Crippen molar-refractivity contribution in [3.8, 4) is 11.4 Å². The zero-order valence-corrected chi connectivity index (χ0v) is 17.7. The van der Waals surface area contributed by atoms with E-state index in [1.54, 1.807) is 12.3 Å². The molecule has 32 heavy (non-hydrogen) atoms. The van der Waals surface area contributed by atoms with Crippen LogP contribution in [0.25, 0.3) is 22.3 Å². The predicted molar refractivity (Wildman–Crippen MR) is 119 cm³/mol. The van der Waals surface area contributed by atoms with Crippen molar-refractivity contribution in [2.75, 3.05) is 25.6 Å². The van der Waals surface area contributed by atoms with Crippen molar-refractivity contribution < 1.29 is 14.1 Å². The molecule has 4 aromatic rings. The second kappa shape index (κ2) is 8.89. The number of methoxy groups -OCH3 is 1. The molecule has 1 aromatic carbocycles. The Morgan fingerprint density at radius 3 is 3.06 bits per heavy atom. The molecule has 9 heteroatoms. The van der Waals surface area contributed by atoms with Crippen LogP contribution in [0.1, 0.15) is 30.3 Å². The minimum absolute atomic E-state index is 0.0198. The molecule has 1 aliphatic rings.